The number of benzene rings is 1. The first-order valence-corrected chi connectivity index (χ1v) is 10.2. The monoisotopic (exact) mass is 334 g/mol. The highest BCUT2D eigenvalue weighted by atomic mass is 16.3. The Kier molecular flexibility index (Phi) is 12.3. The summed E-state index contributed by atoms with van der Waals surface area (Å²) in [5, 5.41) is 19.0. The molecule has 2 nitrogen and oxygen atoms in total. The molecular formula is C22H38O2. The van der Waals surface area contributed by atoms with Crippen molar-refractivity contribution in [2.24, 2.45) is 0 Å². The topological polar surface area (TPSA) is 40.5 Å². The first kappa shape index (κ1) is 20.9. The number of rotatable bonds is 15. The molecule has 0 radical (unpaired) electrons. The largest absolute Gasteiger partial charge is 0.508 e. The minimum atomic E-state index is 0.136. The van der Waals surface area contributed by atoms with E-state index in [2.05, 4.69) is 6.92 Å². The molecule has 0 fully saturated rings. The molecule has 1 rings (SSSR count). The number of phenolic OH excluding ortho intramolecular Hbond substituents is 2. The second-order valence-corrected chi connectivity index (χ2v) is 7.16. The molecule has 0 heterocycles. The van der Waals surface area contributed by atoms with Crippen LogP contribution in [0.15, 0.2) is 18.2 Å². The van der Waals surface area contributed by atoms with Crippen LogP contribution in [-0.2, 0) is 6.42 Å². The highest BCUT2D eigenvalue weighted by molar-refractivity contribution is 5.38. The second-order valence-electron chi connectivity index (χ2n) is 7.16. The summed E-state index contributed by atoms with van der Waals surface area (Å²) in [5.41, 5.74) is 0.951. The van der Waals surface area contributed by atoms with Gasteiger partial charge in [-0.1, -0.05) is 96.5 Å². The molecule has 0 saturated heterocycles. The molecule has 0 unspecified atom stereocenters. The van der Waals surface area contributed by atoms with Crippen molar-refractivity contribution in [2.75, 3.05) is 0 Å². The van der Waals surface area contributed by atoms with Crippen LogP contribution in [0, 0.1) is 0 Å². The van der Waals surface area contributed by atoms with Gasteiger partial charge in [-0.2, -0.15) is 0 Å². The minimum absolute atomic E-state index is 0.136. The van der Waals surface area contributed by atoms with E-state index in [1.807, 2.05) is 6.07 Å². The summed E-state index contributed by atoms with van der Waals surface area (Å²) in [6.07, 6.45) is 20.0. The predicted octanol–water partition coefficient (Wildman–Crippen LogP) is 7.12. The van der Waals surface area contributed by atoms with E-state index in [1.54, 1.807) is 6.07 Å². The molecule has 0 amide bonds. The zero-order valence-corrected chi connectivity index (χ0v) is 15.7. The van der Waals surface area contributed by atoms with E-state index in [-0.39, 0.29) is 11.5 Å². The third-order valence-electron chi connectivity index (χ3n) is 4.87. The van der Waals surface area contributed by atoms with Gasteiger partial charge < -0.3 is 10.2 Å². The molecule has 2 heteroatoms. The van der Waals surface area contributed by atoms with Gasteiger partial charge in [0.05, 0.1) is 0 Å². The Morgan fingerprint density at radius 1 is 0.625 bits per heavy atom. The first-order valence-electron chi connectivity index (χ1n) is 10.2. The summed E-state index contributed by atoms with van der Waals surface area (Å²) in [6.45, 7) is 2.28. The van der Waals surface area contributed by atoms with Crippen molar-refractivity contribution in [3.63, 3.8) is 0 Å². The molecule has 0 bridgehead atoms. The van der Waals surface area contributed by atoms with Gasteiger partial charge in [0.25, 0.3) is 0 Å². The third-order valence-corrected chi connectivity index (χ3v) is 4.87. The van der Waals surface area contributed by atoms with Gasteiger partial charge in [-0.15, -0.1) is 0 Å². The molecular weight excluding hydrogens is 296 g/mol. The normalized spacial score (nSPS) is 11.0. The van der Waals surface area contributed by atoms with Gasteiger partial charge >= 0.3 is 0 Å². The van der Waals surface area contributed by atoms with Crippen molar-refractivity contribution in [1.29, 1.82) is 0 Å². The van der Waals surface area contributed by atoms with Crippen molar-refractivity contribution in [3.8, 4) is 11.5 Å². The Morgan fingerprint density at radius 2 is 1.08 bits per heavy atom. The molecule has 2 N–H and O–H groups in total. The fourth-order valence-corrected chi connectivity index (χ4v) is 3.27. The maximum absolute atomic E-state index is 9.74. The summed E-state index contributed by atoms with van der Waals surface area (Å²) in [4.78, 5) is 0. The van der Waals surface area contributed by atoms with Crippen LogP contribution < -0.4 is 0 Å². The maximum Gasteiger partial charge on any atom is 0.122 e. The summed E-state index contributed by atoms with van der Waals surface area (Å²) >= 11 is 0. The lowest BCUT2D eigenvalue weighted by Gasteiger charge is -2.05. The summed E-state index contributed by atoms with van der Waals surface area (Å²) in [7, 11) is 0. The Balaban J connectivity index is 1.84. The molecule has 0 aliphatic rings. The van der Waals surface area contributed by atoms with Crippen LogP contribution in [0.1, 0.15) is 102 Å². The van der Waals surface area contributed by atoms with Gasteiger partial charge in [0.2, 0.25) is 0 Å². The zero-order chi connectivity index (χ0) is 17.5. The van der Waals surface area contributed by atoms with E-state index in [9.17, 15) is 10.2 Å². The quantitative estimate of drug-likeness (QED) is 0.335. The van der Waals surface area contributed by atoms with Crippen molar-refractivity contribution in [1.82, 2.24) is 0 Å². The van der Waals surface area contributed by atoms with Crippen LogP contribution in [0.3, 0.4) is 0 Å². The third kappa shape index (κ3) is 10.6. The molecule has 1 aromatic carbocycles. The minimum Gasteiger partial charge on any atom is -0.508 e. The van der Waals surface area contributed by atoms with Gasteiger partial charge in [0.1, 0.15) is 11.5 Å². The summed E-state index contributed by atoms with van der Waals surface area (Å²) < 4.78 is 0. The van der Waals surface area contributed by atoms with Crippen molar-refractivity contribution in [3.05, 3.63) is 23.8 Å². The van der Waals surface area contributed by atoms with Crippen LogP contribution in [-0.4, -0.2) is 10.2 Å². The van der Waals surface area contributed by atoms with Crippen LogP contribution in [0.25, 0.3) is 0 Å². The first-order chi connectivity index (χ1) is 11.7. The fraction of sp³-hybridized carbons (Fsp3) is 0.727. The lowest BCUT2D eigenvalue weighted by Crippen LogP contribution is -1.87. The average molecular weight is 335 g/mol. The lowest BCUT2D eigenvalue weighted by molar-refractivity contribution is 0.444. The van der Waals surface area contributed by atoms with E-state index in [0.29, 0.717) is 0 Å². The standard InChI is InChI=1S/C22H38O2/c1-2-3-4-5-6-7-8-9-10-11-12-13-14-15-16-20-17-18-21(23)19-22(20)24/h17-19,23-24H,2-16H2,1H3. The van der Waals surface area contributed by atoms with Crippen molar-refractivity contribution < 1.29 is 10.2 Å². The predicted molar refractivity (Wildman–Crippen MR) is 104 cm³/mol. The van der Waals surface area contributed by atoms with Crippen LogP contribution in [0.2, 0.25) is 0 Å². The van der Waals surface area contributed by atoms with Crippen molar-refractivity contribution >= 4 is 0 Å². The fourth-order valence-electron chi connectivity index (χ4n) is 3.27. The highest BCUT2D eigenvalue weighted by Crippen LogP contribution is 2.24. The molecule has 138 valence electrons. The number of phenols is 2. The van der Waals surface area contributed by atoms with Crippen molar-refractivity contribution in [2.45, 2.75) is 103 Å². The molecule has 0 spiro atoms. The molecule has 0 atom stereocenters. The van der Waals surface area contributed by atoms with E-state index >= 15 is 0 Å². The number of unbranched alkanes of at least 4 members (excludes halogenated alkanes) is 13. The zero-order valence-electron chi connectivity index (χ0n) is 15.7. The number of hydrogen-bond donors (Lipinski definition) is 2. The second kappa shape index (κ2) is 14.2. The molecule has 1 aromatic rings. The van der Waals surface area contributed by atoms with E-state index in [1.165, 1.54) is 89.5 Å². The Bertz CT molecular complexity index is 414. The van der Waals surface area contributed by atoms with Gasteiger partial charge in [0.15, 0.2) is 0 Å². The average Bonchev–Trinajstić information content (AvgIpc) is 2.57. The molecule has 0 aromatic heterocycles. The van der Waals surface area contributed by atoms with Gasteiger partial charge in [-0.05, 0) is 24.5 Å². The van der Waals surface area contributed by atoms with Gasteiger partial charge in [0, 0.05) is 6.07 Å². The van der Waals surface area contributed by atoms with E-state index in [4.69, 9.17) is 0 Å². The van der Waals surface area contributed by atoms with Gasteiger partial charge in [-0.3, -0.25) is 0 Å². The molecule has 24 heavy (non-hydrogen) atoms. The van der Waals surface area contributed by atoms with Gasteiger partial charge in [-0.25, -0.2) is 0 Å². The SMILES string of the molecule is CCCCCCCCCCCCCCCCc1ccc(O)cc1O. The van der Waals surface area contributed by atoms with E-state index < -0.39 is 0 Å². The summed E-state index contributed by atoms with van der Waals surface area (Å²) in [6, 6.07) is 4.91. The molecule has 0 saturated carbocycles. The Labute approximate surface area is 149 Å². The molecule has 0 aliphatic carbocycles. The molecule has 0 aliphatic heterocycles. The Hall–Kier alpha value is -1.18. The maximum atomic E-state index is 9.74. The van der Waals surface area contributed by atoms with Crippen LogP contribution >= 0.6 is 0 Å². The Morgan fingerprint density at radius 3 is 1.54 bits per heavy atom. The number of aromatic hydroxyl groups is 2. The number of aryl methyl sites for hydroxylation is 1. The summed E-state index contributed by atoms with van der Waals surface area (Å²) in [5.74, 6) is 0.363. The van der Waals surface area contributed by atoms with Crippen LogP contribution in [0.5, 0.6) is 11.5 Å². The highest BCUT2D eigenvalue weighted by Gasteiger charge is 2.02. The smallest absolute Gasteiger partial charge is 0.122 e. The lowest BCUT2D eigenvalue weighted by atomic mass is 10.0. The van der Waals surface area contributed by atoms with Crippen LogP contribution in [0.4, 0.5) is 0 Å². The van der Waals surface area contributed by atoms with E-state index in [0.717, 1.165) is 18.4 Å². The number of hydrogen-bond acceptors (Lipinski definition) is 2.